The second kappa shape index (κ2) is 3.71. The van der Waals surface area contributed by atoms with Gasteiger partial charge in [-0.25, -0.2) is 0 Å². The van der Waals surface area contributed by atoms with Crippen molar-refractivity contribution >= 4 is 0 Å². The Morgan fingerprint density at radius 2 is 1.86 bits per heavy atom. The highest BCUT2D eigenvalue weighted by molar-refractivity contribution is 5.69. The maximum Gasteiger partial charge on any atom is 0.0999 e. The molecule has 0 aliphatic rings. The Morgan fingerprint density at radius 1 is 1.07 bits per heavy atom. The summed E-state index contributed by atoms with van der Waals surface area (Å²) < 4.78 is 0. The van der Waals surface area contributed by atoms with Crippen LogP contribution in [0, 0.1) is 11.3 Å². The van der Waals surface area contributed by atoms with E-state index >= 15 is 0 Å². The molecule has 0 atom stereocenters. The van der Waals surface area contributed by atoms with Crippen LogP contribution in [0.3, 0.4) is 0 Å². The fourth-order valence-corrected chi connectivity index (χ4v) is 1.34. The van der Waals surface area contributed by atoms with E-state index in [9.17, 15) is 0 Å². The van der Waals surface area contributed by atoms with Crippen molar-refractivity contribution < 1.29 is 0 Å². The summed E-state index contributed by atoms with van der Waals surface area (Å²) in [5.74, 6) is 0. The van der Waals surface area contributed by atoms with Gasteiger partial charge in [0.25, 0.3) is 0 Å². The summed E-state index contributed by atoms with van der Waals surface area (Å²) in [6.07, 6.45) is 3.35. The van der Waals surface area contributed by atoms with Crippen molar-refractivity contribution in [2.24, 2.45) is 0 Å². The van der Waals surface area contributed by atoms with Gasteiger partial charge < -0.3 is 0 Å². The van der Waals surface area contributed by atoms with Gasteiger partial charge in [0.2, 0.25) is 0 Å². The third-order valence-corrected chi connectivity index (χ3v) is 2.03. The predicted molar refractivity (Wildman–Crippen MR) is 54.4 cm³/mol. The fourth-order valence-electron chi connectivity index (χ4n) is 1.34. The minimum absolute atomic E-state index is 0.659. The number of nitriles is 1. The molecule has 2 aromatic rings. The van der Waals surface area contributed by atoms with Crippen LogP contribution in [-0.4, -0.2) is 4.98 Å². The van der Waals surface area contributed by atoms with Gasteiger partial charge in [-0.15, -0.1) is 0 Å². The van der Waals surface area contributed by atoms with Crippen LogP contribution in [-0.2, 0) is 0 Å². The van der Waals surface area contributed by atoms with Gasteiger partial charge in [0.15, 0.2) is 0 Å². The zero-order valence-corrected chi connectivity index (χ0v) is 7.51. The molecule has 0 aliphatic carbocycles. The molecular weight excluding hydrogens is 172 g/mol. The lowest BCUT2D eigenvalue weighted by Crippen LogP contribution is -1.84. The monoisotopic (exact) mass is 180 g/mol. The first-order valence-electron chi connectivity index (χ1n) is 4.31. The molecule has 66 valence electrons. The van der Waals surface area contributed by atoms with E-state index < -0.39 is 0 Å². The van der Waals surface area contributed by atoms with E-state index in [2.05, 4.69) is 11.1 Å². The molecule has 0 saturated heterocycles. The van der Waals surface area contributed by atoms with E-state index in [0.717, 1.165) is 11.1 Å². The summed E-state index contributed by atoms with van der Waals surface area (Å²) in [5.41, 5.74) is 2.57. The molecule has 0 amide bonds. The minimum Gasteiger partial charge on any atom is -0.264 e. The first-order valence-corrected chi connectivity index (χ1v) is 4.31. The van der Waals surface area contributed by atoms with Crippen molar-refractivity contribution in [3.63, 3.8) is 0 Å². The van der Waals surface area contributed by atoms with Gasteiger partial charge in [-0.3, -0.25) is 4.98 Å². The minimum atomic E-state index is 0.659. The molecule has 2 heteroatoms. The summed E-state index contributed by atoms with van der Waals surface area (Å²) in [6.45, 7) is 0. The van der Waals surface area contributed by atoms with Gasteiger partial charge in [0.1, 0.15) is 0 Å². The summed E-state index contributed by atoms with van der Waals surface area (Å²) in [5, 5.41) is 8.90. The van der Waals surface area contributed by atoms with E-state index in [-0.39, 0.29) is 0 Å². The van der Waals surface area contributed by atoms with Crippen molar-refractivity contribution in [2.75, 3.05) is 0 Å². The number of nitrogens with zero attached hydrogens (tertiary/aromatic N) is 2. The molecule has 1 aromatic carbocycles. The van der Waals surface area contributed by atoms with E-state index in [4.69, 9.17) is 5.26 Å². The number of pyridine rings is 1. The summed E-state index contributed by atoms with van der Waals surface area (Å²) >= 11 is 0. The standard InChI is InChI=1S/C12H8N2/c13-8-11-6-7-14-9-12(11)10-4-2-1-3-5-10/h1-7,9H. The predicted octanol–water partition coefficient (Wildman–Crippen LogP) is 2.62. The van der Waals surface area contributed by atoms with E-state index in [1.165, 1.54) is 0 Å². The molecule has 0 fully saturated rings. The van der Waals surface area contributed by atoms with Gasteiger partial charge in [0, 0.05) is 18.0 Å². The van der Waals surface area contributed by atoms with Crippen molar-refractivity contribution in [3.05, 3.63) is 54.4 Å². The van der Waals surface area contributed by atoms with Crippen molar-refractivity contribution in [1.82, 2.24) is 4.98 Å². The van der Waals surface area contributed by atoms with E-state index in [0.29, 0.717) is 5.56 Å². The van der Waals surface area contributed by atoms with Gasteiger partial charge in [-0.05, 0) is 11.6 Å². The molecule has 0 spiro atoms. The van der Waals surface area contributed by atoms with Crippen molar-refractivity contribution in [1.29, 1.82) is 5.26 Å². The SMILES string of the molecule is N#Cc1ccncc1-c1ccccc1. The quantitative estimate of drug-likeness (QED) is 0.676. The van der Waals surface area contributed by atoms with Crippen LogP contribution in [0.25, 0.3) is 11.1 Å². The molecule has 0 saturated carbocycles. The Bertz CT molecular complexity index is 469. The largest absolute Gasteiger partial charge is 0.264 e. The zero-order chi connectivity index (χ0) is 9.80. The average Bonchev–Trinajstić information content (AvgIpc) is 2.30. The van der Waals surface area contributed by atoms with Crippen LogP contribution >= 0.6 is 0 Å². The third kappa shape index (κ3) is 1.48. The van der Waals surface area contributed by atoms with Gasteiger partial charge in [-0.2, -0.15) is 5.26 Å². The molecule has 2 rings (SSSR count). The Balaban J connectivity index is 2.58. The Labute approximate surface area is 82.5 Å². The smallest absolute Gasteiger partial charge is 0.0999 e. The number of hydrogen-bond donors (Lipinski definition) is 0. The maximum atomic E-state index is 8.90. The van der Waals surface area contributed by atoms with Crippen LogP contribution < -0.4 is 0 Å². The molecule has 2 nitrogen and oxygen atoms in total. The molecule has 0 aliphatic heterocycles. The number of benzene rings is 1. The molecule has 1 heterocycles. The zero-order valence-electron chi connectivity index (χ0n) is 7.51. The van der Waals surface area contributed by atoms with Crippen LogP contribution in [0.1, 0.15) is 5.56 Å². The van der Waals surface area contributed by atoms with Crippen molar-refractivity contribution in [3.8, 4) is 17.2 Å². The summed E-state index contributed by atoms with van der Waals surface area (Å²) in [4.78, 5) is 4.02. The summed E-state index contributed by atoms with van der Waals surface area (Å²) in [6, 6.07) is 13.7. The van der Waals surface area contributed by atoms with Crippen LogP contribution in [0.15, 0.2) is 48.8 Å². The second-order valence-corrected chi connectivity index (χ2v) is 2.90. The second-order valence-electron chi connectivity index (χ2n) is 2.90. The molecule has 0 bridgehead atoms. The molecule has 0 unspecified atom stereocenters. The van der Waals surface area contributed by atoms with Crippen LogP contribution in [0.5, 0.6) is 0 Å². The average molecular weight is 180 g/mol. The van der Waals surface area contributed by atoms with Gasteiger partial charge in [-0.1, -0.05) is 30.3 Å². The summed E-state index contributed by atoms with van der Waals surface area (Å²) in [7, 11) is 0. The molecule has 0 N–H and O–H groups in total. The fraction of sp³-hybridized carbons (Fsp3) is 0. The highest BCUT2D eigenvalue weighted by Gasteiger charge is 2.02. The molecule has 1 aromatic heterocycles. The molecule has 0 radical (unpaired) electrons. The Morgan fingerprint density at radius 3 is 2.57 bits per heavy atom. The lowest BCUT2D eigenvalue weighted by atomic mass is 10.0. The normalized spacial score (nSPS) is 9.36. The number of rotatable bonds is 1. The van der Waals surface area contributed by atoms with Gasteiger partial charge in [0.05, 0.1) is 11.6 Å². The lowest BCUT2D eigenvalue weighted by Gasteiger charge is -2.01. The Kier molecular flexibility index (Phi) is 2.24. The Hall–Kier alpha value is -2.14. The first kappa shape index (κ1) is 8.46. The number of aromatic nitrogens is 1. The third-order valence-electron chi connectivity index (χ3n) is 2.03. The van der Waals surface area contributed by atoms with Gasteiger partial charge >= 0.3 is 0 Å². The number of hydrogen-bond acceptors (Lipinski definition) is 2. The maximum absolute atomic E-state index is 8.90. The lowest BCUT2D eigenvalue weighted by molar-refractivity contribution is 1.31. The molecular formula is C12H8N2. The van der Waals surface area contributed by atoms with E-state index in [1.54, 1.807) is 18.5 Å². The highest BCUT2D eigenvalue weighted by Crippen LogP contribution is 2.21. The highest BCUT2D eigenvalue weighted by atomic mass is 14.6. The van der Waals surface area contributed by atoms with Crippen LogP contribution in [0.2, 0.25) is 0 Å². The topological polar surface area (TPSA) is 36.7 Å². The first-order chi connectivity index (χ1) is 6.92. The van der Waals surface area contributed by atoms with Crippen LogP contribution in [0.4, 0.5) is 0 Å². The molecule has 14 heavy (non-hydrogen) atoms. The van der Waals surface area contributed by atoms with Crippen molar-refractivity contribution in [2.45, 2.75) is 0 Å². The van der Waals surface area contributed by atoms with E-state index in [1.807, 2.05) is 30.3 Å².